The first kappa shape index (κ1) is 13.1. The molecule has 1 saturated carbocycles. The molecule has 1 aromatic heterocycles. The van der Waals surface area contributed by atoms with Crippen LogP contribution in [0, 0.1) is 5.92 Å². The van der Waals surface area contributed by atoms with Crippen molar-refractivity contribution in [2.24, 2.45) is 11.7 Å². The average molecular weight is 322 g/mol. The van der Waals surface area contributed by atoms with E-state index in [-0.39, 0.29) is 0 Å². The quantitative estimate of drug-likeness (QED) is 0.937. The van der Waals surface area contributed by atoms with Gasteiger partial charge in [-0.05, 0) is 50.4 Å². The van der Waals surface area contributed by atoms with E-state index < -0.39 is 0 Å². The highest BCUT2D eigenvalue weighted by Gasteiger charge is 2.31. The van der Waals surface area contributed by atoms with Crippen LogP contribution in [-0.4, -0.2) is 16.1 Å². The number of aryl methyl sites for hydroxylation is 1. The maximum Gasteiger partial charge on any atom is 0.113 e. The van der Waals surface area contributed by atoms with Crippen LogP contribution in [0.25, 0.3) is 11.0 Å². The summed E-state index contributed by atoms with van der Waals surface area (Å²) in [5.41, 5.74) is 8.26. The molecule has 0 aliphatic heterocycles. The predicted molar refractivity (Wildman–Crippen MR) is 82.2 cm³/mol. The van der Waals surface area contributed by atoms with Crippen LogP contribution >= 0.6 is 15.9 Å². The topological polar surface area (TPSA) is 43.8 Å². The summed E-state index contributed by atoms with van der Waals surface area (Å²) in [6.45, 7) is 3.95. The Morgan fingerprint density at radius 3 is 3.00 bits per heavy atom. The summed E-state index contributed by atoms with van der Waals surface area (Å²) >= 11 is 3.53. The summed E-state index contributed by atoms with van der Waals surface area (Å²) in [4.78, 5) is 4.90. The van der Waals surface area contributed by atoms with Crippen molar-refractivity contribution in [3.8, 4) is 0 Å². The third-order valence-electron chi connectivity index (χ3n) is 4.35. The summed E-state index contributed by atoms with van der Waals surface area (Å²) in [6.07, 6.45) is 3.76. The van der Waals surface area contributed by atoms with E-state index >= 15 is 0 Å². The Morgan fingerprint density at radius 2 is 2.26 bits per heavy atom. The van der Waals surface area contributed by atoms with Crippen LogP contribution < -0.4 is 5.73 Å². The van der Waals surface area contributed by atoms with E-state index in [1.807, 2.05) is 0 Å². The van der Waals surface area contributed by atoms with Gasteiger partial charge in [-0.2, -0.15) is 0 Å². The number of halogens is 1. The monoisotopic (exact) mass is 321 g/mol. The van der Waals surface area contributed by atoms with Crippen molar-refractivity contribution >= 4 is 27.0 Å². The van der Waals surface area contributed by atoms with Crippen molar-refractivity contribution in [2.45, 2.75) is 38.6 Å². The zero-order chi connectivity index (χ0) is 13.4. The lowest BCUT2D eigenvalue weighted by molar-refractivity contribution is 0.463. The third-order valence-corrected chi connectivity index (χ3v) is 4.84. The molecule has 1 fully saturated rings. The number of nitrogens with two attached hydrogens (primary N) is 1. The molecule has 0 saturated heterocycles. The number of hydrogen-bond acceptors (Lipinski definition) is 2. The molecular weight excluding hydrogens is 302 g/mol. The molecule has 19 heavy (non-hydrogen) atoms. The molecule has 3 rings (SSSR count). The van der Waals surface area contributed by atoms with Gasteiger partial charge >= 0.3 is 0 Å². The third kappa shape index (κ3) is 2.21. The van der Waals surface area contributed by atoms with E-state index in [9.17, 15) is 0 Å². The first-order chi connectivity index (χ1) is 9.24. The first-order valence-electron chi connectivity index (χ1n) is 7.10. The second kappa shape index (κ2) is 5.25. The smallest absolute Gasteiger partial charge is 0.113 e. The minimum atomic E-state index is 0.538. The highest BCUT2D eigenvalue weighted by Crippen LogP contribution is 2.39. The van der Waals surface area contributed by atoms with Gasteiger partial charge in [0, 0.05) is 16.9 Å². The van der Waals surface area contributed by atoms with Gasteiger partial charge in [-0.15, -0.1) is 0 Å². The second-order valence-corrected chi connectivity index (χ2v) is 6.30. The molecule has 2 atom stereocenters. The predicted octanol–water partition coefficient (Wildman–Crippen LogP) is 3.66. The fourth-order valence-corrected chi connectivity index (χ4v) is 3.74. The van der Waals surface area contributed by atoms with Crippen LogP contribution in [0.1, 0.15) is 37.9 Å². The van der Waals surface area contributed by atoms with Crippen molar-refractivity contribution in [2.75, 3.05) is 6.54 Å². The Labute approximate surface area is 122 Å². The molecule has 0 amide bonds. The van der Waals surface area contributed by atoms with Gasteiger partial charge in [0.1, 0.15) is 5.82 Å². The molecule has 2 aromatic rings. The van der Waals surface area contributed by atoms with Crippen molar-refractivity contribution < 1.29 is 0 Å². The molecule has 0 spiro atoms. The fraction of sp³-hybridized carbons (Fsp3) is 0.533. The number of rotatable bonds is 3. The van der Waals surface area contributed by atoms with E-state index in [0.717, 1.165) is 23.1 Å². The second-order valence-electron chi connectivity index (χ2n) is 5.38. The van der Waals surface area contributed by atoms with Gasteiger partial charge in [0.2, 0.25) is 0 Å². The summed E-state index contributed by atoms with van der Waals surface area (Å²) in [5, 5.41) is 0. The molecule has 1 aliphatic carbocycles. The van der Waals surface area contributed by atoms with E-state index in [0.29, 0.717) is 11.8 Å². The Balaban J connectivity index is 2.12. The highest BCUT2D eigenvalue weighted by molar-refractivity contribution is 9.10. The number of nitrogens with zero attached hydrogens (tertiary/aromatic N) is 2. The maximum absolute atomic E-state index is 5.93. The SMILES string of the molecule is CCn1c(C2CCCC2CN)nc2cc(Br)ccc21. The van der Waals surface area contributed by atoms with Gasteiger partial charge in [0.15, 0.2) is 0 Å². The van der Waals surface area contributed by atoms with Crippen molar-refractivity contribution in [1.82, 2.24) is 9.55 Å². The molecule has 1 aliphatic rings. The lowest BCUT2D eigenvalue weighted by Crippen LogP contribution is -2.20. The molecule has 102 valence electrons. The lowest BCUT2D eigenvalue weighted by atomic mass is 9.95. The normalized spacial score (nSPS) is 23.3. The van der Waals surface area contributed by atoms with Crippen LogP contribution in [0.5, 0.6) is 0 Å². The number of aromatic nitrogens is 2. The van der Waals surface area contributed by atoms with Crippen LogP contribution in [0.2, 0.25) is 0 Å². The van der Waals surface area contributed by atoms with Gasteiger partial charge < -0.3 is 10.3 Å². The minimum Gasteiger partial charge on any atom is -0.330 e. The molecule has 1 heterocycles. The highest BCUT2D eigenvalue weighted by atomic mass is 79.9. The average Bonchev–Trinajstić information content (AvgIpc) is 3.00. The zero-order valence-corrected chi connectivity index (χ0v) is 12.9. The van der Waals surface area contributed by atoms with Crippen LogP contribution in [0.3, 0.4) is 0 Å². The van der Waals surface area contributed by atoms with E-state index in [4.69, 9.17) is 10.7 Å². The number of imidazole rings is 1. The van der Waals surface area contributed by atoms with Gasteiger partial charge in [-0.1, -0.05) is 22.4 Å². The van der Waals surface area contributed by atoms with Crippen molar-refractivity contribution in [3.63, 3.8) is 0 Å². The molecule has 3 nitrogen and oxygen atoms in total. The molecule has 2 N–H and O–H groups in total. The summed E-state index contributed by atoms with van der Waals surface area (Å²) in [7, 11) is 0. The largest absolute Gasteiger partial charge is 0.330 e. The Bertz CT molecular complexity index is 590. The van der Waals surface area contributed by atoms with Crippen molar-refractivity contribution in [1.29, 1.82) is 0 Å². The number of benzene rings is 1. The zero-order valence-electron chi connectivity index (χ0n) is 11.3. The van der Waals surface area contributed by atoms with Gasteiger partial charge in [0.25, 0.3) is 0 Å². The fourth-order valence-electron chi connectivity index (χ4n) is 3.40. The molecule has 0 radical (unpaired) electrons. The number of hydrogen-bond donors (Lipinski definition) is 1. The molecule has 2 unspecified atom stereocenters. The van der Waals surface area contributed by atoms with Gasteiger partial charge in [-0.25, -0.2) is 4.98 Å². The van der Waals surface area contributed by atoms with Crippen LogP contribution in [0.4, 0.5) is 0 Å². The lowest BCUT2D eigenvalue weighted by Gasteiger charge is -2.18. The standard InChI is InChI=1S/C15H20BrN3/c1-2-19-14-7-6-11(16)8-13(14)18-15(19)12-5-3-4-10(12)9-17/h6-8,10,12H,2-5,9,17H2,1H3. The Kier molecular flexibility index (Phi) is 3.63. The molecule has 1 aromatic carbocycles. The Morgan fingerprint density at radius 1 is 1.42 bits per heavy atom. The van der Waals surface area contributed by atoms with Gasteiger partial charge in [-0.3, -0.25) is 0 Å². The van der Waals surface area contributed by atoms with Gasteiger partial charge in [0.05, 0.1) is 11.0 Å². The van der Waals surface area contributed by atoms with Crippen LogP contribution in [0.15, 0.2) is 22.7 Å². The molecule has 0 bridgehead atoms. The van der Waals surface area contributed by atoms with Crippen molar-refractivity contribution in [3.05, 3.63) is 28.5 Å². The van der Waals surface area contributed by atoms with E-state index in [1.54, 1.807) is 0 Å². The summed E-state index contributed by atoms with van der Waals surface area (Å²) < 4.78 is 3.45. The maximum atomic E-state index is 5.93. The van der Waals surface area contributed by atoms with Crippen LogP contribution in [-0.2, 0) is 6.54 Å². The first-order valence-corrected chi connectivity index (χ1v) is 7.89. The van der Waals surface area contributed by atoms with E-state index in [2.05, 4.69) is 45.6 Å². The minimum absolute atomic E-state index is 0.538. The summed E-state index contributed by atoms with van der Waals surface area (Å²) in [5.74, 6) is 2.38. The summed E-state index contributed by atoms with van der Waals surface area (Å²) in [6, 6.07) is 6.36. The van der Waals surface area contributed by atoms with E-state index in [1.165, 1.54) is 30.6 Å². The molecule has 4 heteroatoms. The molecular formula is C15H20BrN3. The Hall–Kier alpha value is -0.870. The number of fused-ring (bicyclic) bond motifs is 1.